The van der Waals surface area contributed by atoms with Crippen LogP contribution in [0, 0.1) is 5.82 Å². The monoisotopic (exact) mass is 349 g/mol. The molecule has 128 valence electrons. The van der Waals surface area contributed by atoms with Crippen LogP contribution in [0.4, 0.5) is 4.39 Å². The molecule has 0 radical (unpaired) electrons. The van der Waals surface area contributed by atoms with Gasteiger partial charge in [0.2, 0.25) is 5.75 Å². The van der Waals surface area contributed by atoms with E-state index in [1.165, 1.54) is 18.9 Å². The quantitative estimate of drug-likeness (QED) is 0.721. The Hall–Kier alpha value is -1.78. The third-order valence-electron chi connectivity index (χ3n) is 4.34. The SMILES string of the molecule is CN1CCCC1CCOc1cccc(F)c1Oc1ccc(Cl)cc1. The second-order valence-electron chi connectivity index (χ2n) is 6.04. The van der Waals surface area contributed by atoms with E-state index in [4.69, 9.17) is 21.1 Å². The molecule has 3 rings (SSSR count). The summed E-state index contributed by atoms with van der Waals surface area (Å²) >= 11 is 5.86. The van der Waals surface area contributed by atoms with E-state index in [2.05, 4.69) is 11.9 Å². The highest BCUT2D eigenvalue weighted by Gasteiger charge is 2.21. The summed E-state index contributed by atoms with van der Waals surface area (Å²) in [6.45, 7) is 1.67. The highest BCUT2D eigenvalue weighted by molar-refractivity contribution is 6.30. The van der Waals surface area contributed by atoms with Crippen molar-refractivity contribution in [3.05, 3.63) is 53.3 Å². The van der Waals surface area contributed by atoms with Crippen molar-refractivity contribution < 1.29 is 13.9 Å². The Morgan fingerprint density at radius 2 is 2.00 bits per heavy atom. The maximum atomic E-state index is 14.2. The predicted molar refractivity (Wildman–Crippen MR) is 93.7 cm³/mol. The van der Waals surface area contributed by atoms with Gasteiger partial charge >= 0.3 is 0 Å². The van der Waals surface area contributed by atoms with Crippen molar-refractivity contribution in [1.82, 2.24) is 4.90 Å². The molecule has 0 spiro atoms. The number of likely N-dealkylation sites (tertiary alicyclic amines) is 1. The molecule has 0 N–H and O–H groups in total. The molecule has 0 saturated carbocycles. The molecule has 2 aromatic rings. The topological polar surface area (TPSA) is 21.7 Å². The highest BCUT2D eigenvalue weighted by Crippen LogP contribution is 2.34. The van der Waals surface area contributed by atoms with Crippen molar-refractivity contribution in [2.24, 2.45) is 0 Å². The lowest BCUT2D eigenvalue weighted by Crippen LogP contribution is -2.26. The van der Waals surface area contributed by atoms with Crippen molar-refractivity contribution in [2.45, 2.75) is 25.3 Å². The molecule has 1 atom stereocenters. The van der Waals surface area contributed by atoms with E-state index in [0.717, 1.165) is 13.0 Å². The zero-order valence-electron chi connectivity index (χ0n) is 13.7. The Bertz CT molecular complexity index is 678. The van der Waals surface area contributed by atoms with Gasteiger partial charge in [0.25, 0.3) is 0 Å². The van der Waals surface area contributed by atoms with Crippen LogP contribution in [0.5, 0.6) is 17.2 Å². The molecule has 0 aliphatic carbocycles. The standard InChI is InChI=1S/C19H21ClFNO2/c1-22-12-3-4-15(22)11-13-23-18-6-2-5-17(21)19(18)24-16-9-7-14(20)8-10-16/h2,5-10,15H,3-4,11-13H2,1H3. The van der Waals surface area contributed by atoms with Gasteiger partial charge in [-0.05, 0) is 69.3 Å². The minimum absolute atomic E-state index is 0.111. The number of halogens is 2. The molecule has 1 aliphatic rings. The largest absolute Gasteiger partial charge is 0.489 e. The Morgan fingerprint density at radius 3 is 2.71 bits per heavy atom. The molecule has 1 fully saturated rings. The average Bonchev–Trinajstić information content (AvgIpc) is 2.98. The molecule has 1 saturated heterocycles. The summed E-state index contributed by atoms with van der Waals surface area (Å²) in [7, 11) is 2.13. The van der Waals surface area contributed by atoms with Crippen molar-refractivity contribution in [3.8, 4) is 17.2 Å². The highest BCUT2D eigenvalue weighted by atomic mass is 35.5. The van der Waals surface area contributed by atoms with E-state index in [1.807, 2.05) is 0 Å². The summed E-state index contributed by atoms with van der Waals surface area (Å²) in [4.78, 5) is 2.35. The molecule has 1 heterocycles. The van der Waals surface area contributed by atoms with Gasteiger partial charge in [-0.25, -0.2) is 4.39 Å². The summed E-state index contributed by atoms with van der Waals surface area (Å²) in [6, 6.07) is 12.1. The Balaban J connectivity index is 1.66. The normalized spacial score (nSPS) is 17.9. The minimum atomic E-state index is -0.444. The molecule has 5 heteroatoms. The second kappa shape index (κ2) is 7.86. The molecule has 0 aromatic heterocycles. The lowest BCUT2D eigenvalue weighted by atomic mass is 10.1. The number of hydrogen-bond acceptors (Lipinski definition) is 3. The molecule has 1 unspecified atom stereocenters. The van der Waals surface area contributed by atoms with Crippen LogP contribution in [0.15, 0.2) is 42.5 Å². The minimum Gasteiger partial charge on any atom is -0.489 e. The molecule has 24 heavy (non-hydrogen) atoms. The zero-order valence-corrected chi connectivity index (χ0v) is 14.4. The molecule has 2 aromatic carbocycles. The smallest absolute Gasteiger partial charge is 0.204 e. The third-order valence-corrected chi connectivity index (χ3v) is 4.60. The Kier molecular flexibility index (Phi) is 5.59. The fraction of sp³-hybridized carbons (Fsp3) is 0.368. The summed E-state index contributed by atoms with van der Waals surface area (Å²) in [5.41, 5.74) is 0. The summed E-state index contributed by atoms with van der Waals surface area (Å²) in [5, 5.41) is 0.605. The summed E-state index contributed by atoms with van der Waals surface area (Å²) in [6.07, 6.45) is 3.34. The molecular weight excluding hydrogens is 329 g/mol. The van der Waals surface area contributed by atoms with Gasteiger partial charge in [-0.2, -0.15) is 0 Å². The number of benzene rings is 2. The van der Waals surface area contributed by atoms with E-state index in [-0.39, 0.29) is 5.75 Å². The predicted octanol–water partition coefficient (Wildman–Crippen LogP) is 5.13. The first-order chi connectivity index (χ1) is 11.6. The second-order valence-corrected chi connectivity index (χ2v) is 6.47. The summed E-state index contributed by atoms with van der Waals surface area (Å²) < 4.78 is 25.6. The maximum Gasteiger partial charge on any atom is 0.204 e. The molecule has 0 bridgehead atoms. The van der Waals surface area contributed by atoms with Crippen LogP contribution in [0.3, 0.4) is 0 Å². The number of nitrogens with zero attached hydrogens (tertiary/aromatic N) is 1. The number of ether oxygens (including phenoxy) is 2. The van der Waals surface area contributed by atoms with Crippen molar-refractivity contribution in [2.75, 3.05) is 20.2 Å². The van der Waals surface area contributed by atoms with Crippen molar-refractivity contribution >= 4 is 11.6 Å². The van der Waals surface area contributed by atoms with Gasteiger partial charge in [0.15, 0.2) is 11.6 Å². The molecular formula is C19H21ClFNO2. The Morgan fingerprint density at radius 1 is 1.21 bits per heavy atom. The average molecular weight is 350 g/mol. The Labute approximate surface area is 146 Å². The van der Waals surface area contributed by atoms with Crippen LogP contribution < -0.4 is 9.47 Å². The van der Waals surface area contributed by atoms with Crippen LogP contribution in [0.25, 0.3) is 0 Å². The van der Waals surface area contributed by atoms with E-state index >= 15 is 0 Å². The lowest BCUT2D eigenvalue weighted by molar-refractivity contribution is 0.228. The van der Waals surface area contributed by atoms with Gasteiger partial charge < -0.3 is 14.4 Å². The maximum absolute atomic E-state index is 14.2. The van der Waals surface area contributed by atoms with Crippen molar-refractivity contribution in [1.29, 1.82) is 0 Å². The zero-order chi connectivity index (χ0) is 16.9. The van der Waals surface area contributed by atoms with E-state index in [9.17, 15) is 4.39 Å². The van der Waals surface area contributed by atoms with Crippen molar-refractivity contribution in [3.63, 3.8) is 0 Å². The van der Waals surface area contributed by atoms with E-state index in [0.29, 0.717) is 29.2 Å². The van der Waals surface area contributed by atoms with Gasteiger partial charge in [0, 0.05) is 11.1 Å². The van der Waals surface area contributed by atoms with Crippen LogP contribution in [-0.4, -0.2) is 31.1 Å². The first kappa shape index (κ1) is 17.1. The van der Waals surface area contributed by atoms with Crippen LogP contribution in [0.1, 0.15) is 19.3 Å². The summed E-state index contributed by atoms with van der Waals surface area (Å²) in [5.74, 6) is 0.607. The first-order valence-corrected chi connectivity index (χ1v) is 8.56. The van der Waals surface area contributed by atoms with Gasteiger partial charge in [0.05, 0.1) is 6.61 Å². The molecule has 1 aliphatic heterocycles. The fourth-order valence-electron chi connectivity index (χ4n) is 2.97. The van der Waals surface area contributed by atoms with Gasteiger partial charge in [-0.3, -0.25) is 0 Å². The van der Waals surface area contributed by atoms with E-state index < -0.39 is 5.82 Å². The lowest BCUT2D eigenvalue weighted by Gasteiger charge is -2.20. The fourth-order valence-corrected chi connectivity index (χ4v) is 3.10. The van der Waals surface area contributed by atoms with E-state index in [1.54, 1.807) is 36.4 Å². The number of para-hydroxylation sites is 1. The third kappa shape index (κ3) is 4.19. The van der Waals surface area contributed by atoms with Gasteiger partial charge in [0.1, 0.15) is 5.75 Å². The van der Waals surface area contributed by atoms with Gasteiger partial charge in [-0.15, -0.1) is 0 Å². The van der Waals surface area contributed by atoms with Crippen LogP contribution in [0.2, 0.25) is 5.02 Å². The van der Waals surface area contributed by atoms with Crippen LogP contribution >= 0.6 is 11.6 Å². The number of rotatable bonds is 6. The molecule has 0 amide bonds. The number of hydrogen-bond donors (Lipinski definition) is 0. The first-order valence-electron chi connectivity index (χ1n) is 8.18. The van der Waals surface area contributed by atoms with Crippen LogP contribution in [-0.2, 0) is 0 Å². The van der Waals surface area contributed by atoms with Gasteiger partial charge in [-0.1, -0.05) is 17.7 Å². The molecule has 3 nitrogen and oxygen atoms in total.